The van der Waals surface area contributed by atoms with Crippen LogP contribution in [0, 0.1) is 11.8 Å². The summed E-state index contributed by atoms with van der Waals surface area (Å²) in [6, 6.07) is 5.72. The van der Waals surface area contributed by atoms with Gasteiger partial charge in [0.15, 0.2) is 0 Å². The van der Waals surface area contributed by atoms with Gasteiger partial charge in [0.2, 0.25) is 5.91 Å². The van der Waals surface area contributed by atoms with E-state index in [-0.39, 0.29) is 5.91 Å². The Kier molecular flexibility index (Phi) is 4.39. The number of fused-ring (bicyclic) bond motifs is 1. The van der Waals surface area contributed by atoms with Crippen molar-refractivity contribution in [3.05, 3.63) is 29.4 Å². The molecule has 2 atom stereocenters. The van der Waals surface area contributed by atoms with E-state index in [0.717, 1.165) is 24.0 Å². The van der Waals surface area contributed by atoms with E-state index in [1.807, 2.05) is 34.0 Å². The molecule has 1 aliphatic heterocycles. The molecule has 0 spiro atoms. The molecule has 3 rings (SSSR count). The molecule has 0 N–H and O–H groups in total. The number of carbonyl (C=O) groups is 1. The third-order valence-corrected chi connectivity index (χ3v) is 4.60. The largest absolute Gasteiger partial charge is 0.342 e. The van der Waals surface area contributed by atoms with Gasteiger partial charge in [-0.25, -0.2) is 0 Å². The van der Waals surface area contributed by atoms with Crippen LogP contribution in [0.5, 0.6) is 0 Å². The van der Waals surface area contributed by atoms with Crippen molar-refractivity contribution >= 4 is 28.4 Å². The molecule has 1 aliphatic rings. The normalized spacial score (nSPS) is 22.2. The number of hydrogen-bond donors (Lipinski definition) is 0. The lowest BCUT2D eigenvalue weighted by molar-refractivity contribution is -0.134. The third kappa shape index (κ3) is 3.27. The zero-order chi connectivity index (χ0) is 15.7. The van der Waals surface area contributed by atoms with Gasteiger partial charge in [-0.2, -0.15) is 5.10 Å². The number of piperidine rings is 1. The van der Waals surface area contributed by atoms with Crippen LogP contribution < -0.4 is 0 Å². The minimum Gasteiger partial charge on any atom is -0.342 e. The summed E-state index contributed by atoms with van der Waals surface area (Å²) < 4.78 is 1.87. The second kappa shape index (κ2) is 6.29. The van der Waals surface area contributed by atoms with E-state index in [1.54, 1.807) is 0 Å². The van der Waals surface area contributed by atoms with E-state index in [2.05, 4.69) is 18.9 Å². The highest BCUT2D eigenvalue weighted by atomic mass is 35.5. The van der Waals surface area contributed by atoms with Crippen molar-refractivity contribution in [2.45, 2.75) is 33.2 Å². The summed E-state index contributed by atoms with van der Waals surface area (Å²) >= 11 is 6.05. The van der Waals surface area contributed by atoms with Crippen LogP contribution in [0.4, 0.5) is 0 Å². The monoisotopic (exact) mass is 319 g/mol. The minimum atomic E-state index is 0.226. The van der Waals surface area contributed by atoms with Crippen molar-refractivity contribution in [1.29, 1.82) is 0 Å². The summed E-state index contributed by atoms with van der Waals surface area (Å²) in [6.45, 7) is 6.81. The molecule has 0 unspecified atom stereocenters. The first-order chi connectivity index (χ1) is 10.5. The number of rotatable bonds is 3. The number of hydrogen-bond acceptors (Lipinski definition) is 2. The van der Waals surface area contributed by atoms with E-state index >= 15 is 0 Å². The summed E-state index contributed by atoms with van der Waals surface area (Å²) in [7, 11) is 0. The zero-order valence-electron chi connectivity index (χ0n) is 13.1. The second-order valence-electron chi connectivity index (χ2n) is 6.57. The van der Waals surface area contributed by atoms with Gasteiger partial charge in [-0.15, -0.1) is 0 Å². The topological polar surface area (TPSA) is 38.1 Å². The van der Waals surface area contributed by atoms with Gasteiger partial charge in [-0.3, -0.25) is 9.48 Å². The van der Waals surface area contributed by atoms with Crippen molar-refractivity contribution in [2.24, 2.45) is 11.8 Å². The van der Waals surface area contributed by atoms with Gasteiger partial charge in [0.25, 0.3) is 0 Å². The fourth-order valence-corrected chi connectivity index (χ4v) is 3.61. The SMILES string of the molecule is C[C@@H]1C[C@@H](C)CN(C(=O)CCn2ncc3ccc(Cl)cc32)C1. The van der Waals surface area contributed by atoms with Gasteiger partial charge in [-0.05, 0) is 36.5 Å². The molecule has 1 saturated heterocycles. The Morgan fingerprint density at radius 3 is 2.77 bits per heavy atom. The van der Waals surface area contributed by atoms with E-state index < -0.39 is 0 Å². The van der Waals surface area contributed by atoms with Crippen LogP contribution in [-0.4, -0.2) is 33.7 Å². The van der Waals surface area contributed by atoms with Crippen molar-refractivity contribution in [3.63, 3.8) is 0 Å². The Hall–Kier alpha value is -1.55. The molecule has 0 aliphatic carbocycles. The number of benzene rings is 1. The molecule has 2 heterocycles. The molecule has 1 fully saturated rings. The Labute approximate surface area is 136 Å². The highest BCUT2D eigenvalue weighted by Crippen LogP contribution is 2.22. The maximum absolute atomic E-state index is 12.4. The van der Waals surface area contributed by atoms with Gasteiger partial charge in [0, 0.05) is 29.9 Å². The highest BCUT2D eigenvalue weighted by molar-refractivity contribution is 6.31. The minimum absolute atomic E-state index is 0.226. The maximum atomic E-state index is 12.4. The number of likely N-dealkylation sites (tertiary alicyclic amines) is 1. The van der Waals surface area contributed by atoms with E-state index in [1.165, 1.54) is 6.42 Å². The maximum Gasteiger partial charge on any atom is 0.224 e. The predicted molar refractivity (Wildman–Crippen MR) is 88.9 cm³/mol. The van der Waals surface area contributed by atoms with E-state index in [4.69, 9.17) is 11.6 Å². The average molecular weight is 320 g/mol. The van der Waals surface area contributed by atoms with E-state index in [0.29, 0.717) is 29.8 Å². The predicted octanol–water partition coefficient (Wildman–Crippen LogP) is 3.58. The standard InChI is InChI=1S/C17H22ClN3O/c1-12-7-13(2)11-20(10-12)17(22)5-6-21-16-8-15(18)4-3-14(16)9-19-21/h3-4,8-9,12-13H,5-7,10-11H2,1-2H3/t12-,13-/m1/s1. The van der Waals surface area contributed by atoms with Crippen LogP contribution in [0.2, 0.25) is 5.02 Å². The molecule has 118 valence electrons. The molecule has 1 aromatic carbocycles. The quantitative estimate of drug-likeness (QED) is 0.867. The van der Waals surface area contributed by atoms with Gasteiger partial charge < -0.3 is 4.90 Å². The molecular weight excluding hydrogens is 298 g/mol. The number of nitrogens with zero attached hydrogens (tertiary/aromatic N) is 3. The average Bonchev–Trinajstić information content (AvgIpc) is 2.86. The second-order valence-corrected chi connectivity index (χ2v) is 7.00. The molecule has 5 heteroatoms. The molecular formula is C17H22ClN3O. The summed E-state index contributed by atoms with van der Waals surface area (Å²) in [5.74, 6) is 1.41. The van der Waals surface area contributed by atoms with Gasteiger partial charge in [-0.1, -0.05) is 25.4 Å². The van der Waals surface area contributed by atoms with Crippen molar-refractivity contribution in [2.75, 3.05) is 13.1 Å². The Balaban J connectivity index is 1.66. The summed E-state index contributed by atoms with van der Waals surface area (Å²) in [5, 5.41) is 6.12. The van der Waals surface area contributed by atoms with Crippen LogP contribution in [0.3, 0.4) is 0 Å². The van der Waals surface area contributed by atoms with Crippen molar-refractivity contribution in [1.82, 2.24) is 14.7 Å². The van der Waals surface area contributed by atoms with Gasteiger partial charge >= 0.3 is 0 Å². The number of carbonyl (C=O) groups excluding carboxylic acids is 1. The zero-order valence-corrected chi connectivity index (χ0v) is 13.9. The Morgan fingerprint density at radius 1 is 1.32 bits per heavy atom. The van der Waals surface area contributed by atoms with Gasteiger partial charge in [0.05, 0.1) is 18.3 Å². The Morgan fingerprint density at radius 2 is 2.05 bits per heavy atom. The van der Waals surface area contributed by atoms with Crippen LogP contribution >= 0.6 is 11.6 Å². The summed E-state index contributed by atoms with van der Waals surface area (Å²) in [5.41, 5.74) is 0.987. The van der Waals surface area contributed by atoms with Gasteiger partial charge in [0.1, 0.15) is 0 Å². The first-order valence-electron chi connectivity index (χ1n) is 7.92. The molecule has 4 nitrogen and oxygen atoms in total. The van der Waals surface area contributed by atoms with Crippen molar-refractivity contribution in [3.8, 4) is 0 Å². The first-order valence-corrected chi connectivity index (χ1v) is 8.29. The molecule has 1 amide bonds. The van der Waals surface area contributed by atoms with Crippen LogP contribution in [0.15, 0.2) is 24.4 Å². The Bertz CT molecular complexity index is 672. The lowest BCUT2D eigenvalue weighted by Crippen LogP contribution is -2.42. The number of aryl methyl sites for hydroxylation is 1. The summed E-state index contributed by atoms with van der Waals surface area (Å²) in [4.78, 5) is 14.5. The molecule has 0 radical (unpaired) electrons. The van der Waals surface area contributed by atoms with E-state index in [9.17, 15) is 4.79 Å². The number of amides is 1. The molecule has 2 aromatic rings. The fourth-order valence-electron chi connectivity index (χ4n) is 3.45. The van der Waals surface area contributed by atoms with Crippen LogP contribution in [0.1, 0.15) is 26.7 Å². The number of aromatic nitrogens is 2. The first kappa shape index (κ1) is 15.3. The lowest BCUT2D eigenvalue weighted by Gasteiger charge is -2.35. The molecule has 0 saturated carbocycles. The smallest absolute Gasteiger partial charge is 0.224 e. The molecule has 22 heavy (non-hydrogen) atoms. The van der Waals surface area contributed by atoms with Crippen LogP contribution in [-0.2, 0) is 11.3 Å². The summed E-state index contributed by atoms with van der Waals surface area (Å²) in [6.07, 6.45) is 3.52. The molecule has 1 aromatic heterocycles. The lowest BCUT2D eigenvalue weighted by atomic mass is 9.92. The fraction of sp³-hybridized carbons (Fsp3) is 0.529. The highest BCUT2D eigenvalue weighted by Gasteiger charge is 2.25. The number of halogens is 1. The third-order valence-electron chi connectivity index (χ3n) is 4.37. The van der Waals surface area contributed by atoms with Crippen molar-refractivity contribution < 1.29 is 4.79 Å². The molecule has 0 bridgehead atoms. The van der Waals surface area contributed by atoms with Crippen LogP contribution in [0.25, 0.3) is 10.9 Å².